The van der Waals surface area contributed by atoms with Gasteiger partial charge in [0.1, 0.15) is 0 Å². The molecule has 0 saturated carbocycles. The van der Waals surface area contributed by atoms with Crippen LogP contribution in [0.25, 0.3) is 0 Å². The molecule has 0 aliphatic rings. The summed E-state index contributed by atoms with van der Waals surface area (Å²) in [6.07, 6.45) is 0.526. The largest absolute Gasteiger partial charge is 0.370 e. The third-order valence-corrected chi connectivity index (χ3v) is 3.79. The second-order valence-electron chi connectivity index (χ2n) is 4.58. The van der Waals surface area contributed by atoms with Crippen LogP contribution in [0.5, 0.6) is 0 Å². The van der Waals surface area contributed by atoms with E-state index in [0.29, 0.717) is 12.0 Å². The maximum Gasteiger partial charge on any atom is 0.0920 e. The zero-order chi connectivity index (χ0) is 12.1. The predicted octanol–water partition coefficient (Wildman–Crippen LogP) is 4.53. The highest BCUT2D eigenvalue weighted by molar-refractivity contribution is 14.1. The maximum absolute atomic E-state index is 6.12. The highest BCUT2D eigenvalue weighted by atomic mass is 127. The minimum Gasteiger partial charge on any atom is -0.370 e. The van der Waals surface area contributed by atoms with Crippen molar-refractivity contribution in [3.05, 3.63) is 35.4 Å². The first-order chi connectivity index (χ1) is 7.56. The van der Waals surface area contributed by atoms with Crippen LogP contribution in [0.3, 0.4) is 0 Å². The Morgan fingerprint density at radius 1 is 1.19 bits per heavy atom. The van der Waals surface area contributed by atoms with Gasteiger partial charge in [-0.1, -0.05) is 60.7 Å². The second-order valence-corrected chi connectivity index (χ2v) is 5.47. The number of hydrogen-bond acceptors (Lipinski definition) is 1. The standard InChI is InChI=1S/C14H21IO/c1-10(2)12(4)16-14(9-15)13-8-6-5-7-11(13)3/h5-8,10,12,14H,9H2,1-4H3. The van der Waals surface area contributed by atoms with E-state index in [1.54, 1.807) is 0 Å². The molecule has 0 bridgehead atoms. The molecule has 0 fully saturated rings. The first-order valence-electron chi connectivity index (χ1n) is 5.83. The van der Waals surface area contributed by atoms with Crippen molar-refractivity contribution >= 4 is 22.6 Å². The van der Waals surface area contributed by atoms with E-state index >= 15 is 0 Å². The van der Waals surface area contributed by atoms with Crippen molar-refractivity contribution in [1.29, 1.82) is 0 Å². The van der Waals surface area contributed by atoms with Crippen LogP contribution in [0.4, 0.5) is 0 Å². The summed E-state index contributed by atoms with van der Waals surface area (Å²) in [7, 11) is 0. The summed E-state index contributed by atoms with van der Waals surface area (Å²) < 4.78 is 7.12. The lowest BCUT2D eigenvalue weighted by atomic mass is 10.0. The quantitative estimate of drug-likeness (QED) is 0.568. The van der Waals surface area contributed by atoms with Gasteiger partial charge < -0.3 is 4.74 Å². The van der Waals surface area contributed by atoms with Crippen LogP contribution < -0.4 is 0 Å². The van der Waals surface area contributed by atoms with Crippen LogP contribution in [0.1, 0.15) is 38.0 Å². The van der Waals surface area contributed by atoms with Crippen LogP contribution in [-0.2, 0) is 4.74 Å². The Bertz CT molecular complexity index is 322. The number of alkyl halides is 1. The Kier molecular flexibility index (Phi) is 5.76. The molecule has 0 spiro atoms. The average Bonchev–Trinajstić information content (AvgIpc) is 2.26. The normalized spacial score (nSPS) is 15.1. The van der Waals surface area contributed by atoms with Gasteiger partial charge in [0.05, 0.1) is 12.2 Å². The highest BCUT2D eigenvalue weighted by Crippen LogP contribution is 2.26. The molecule has 0 aromatic heterocycles. The molecular formula is C14H21IO. The summed E-state index contributed by atoms with van der Waals surface area (Å²) in [5.74, 6) is 0.564. The number of ether oxygens (including phenoxy) is 1. The van der Waals surface area contributed by atoms with Crippen molar-refractivity contribution in [2.24, 2.45) is 5.92 Å². The van der Waals surface area contributed by atoms with E-state index in [9.17, 15) is 0 Å². The lowest BCUT2D eigenvalue weighted by Crippen LogP contribution is -2.20. The van der Waals surface area contributed by atoms with Crippen molar-refractivity contribution in [3.8, 4) is 0 Å². The molecule has 0 N–H and O–H groups in total. The molecule has 1 aromatic carbocycles. The maximum atomic E-state index is 6.12. The molecule has 2 unspecified atom stereocenters. The minimum absolute atomic E-state index is 0.221. The zero-order valence-electron chi connectivity index (χ0n) is 10.5. The van der Waals surface area contributed by atoms with Gasteiger partial charge in [0.25, 0.3) is 0 Å². The number of aryl methyl sites for hydroxylation is 1. The Labute approximate surface area is 113 Å². The van der Waals surface area contributed by atoms with Crippen LogP contribution >= 0.6 is 22.6 Å². The van der Waals surface area contributed by atoms with Crippen molar-refractivity contribution in [3.63, 3.8) is 0 Å². The highest BCUT2D eigenvalue weighted by Gasteiger charge is 2.17. The molecule has 0 amide bonds. The van der Waals surface area contributed by atoms with Crippen LogP contribution in [0.2, 0.25) is 0 Å². The molecule has 1 rings (SSSR count). The van der Waals surface area contributed by atoms with E-state index in [4.69, 9.17) is 4.74 Å². The van der Waals surface area contributed by atoms with E-state index in [1.807, 2.05) is 0 Å². The number of hydrogen-bond donors (Lipinski definition) is 0. The van der Waals surface area contributed by atoms with Crippen LogP contribution in [0, 0.1) is 12.8 Å². The third-order valence-electron chi connectivity index (χ3n) is 2.99. The van der Waals surface area contributed by atoms with Crippen LogP contribution in [0.15, 0.2) is 24.3 Å². The minimum atomic E-state index is 0.221. The fourth-order valence-electron chi connectivity index (χ4n) is 1.56. The van der Waals surface area contributed by atoms with Gasteiger partial charge in [-0.2, -0.15) is 0 Å². The van der Waals surface area contributed by atoms with Crippen molar-refractivity contribution in [1.82, 2.24) is 0 Å². The smallest absolute Gasteiger partial charge is 0.0920 e. The van der Waals surface area contributed by atoms with Crippen LogP contribution in [-0.4, -0.2) is 10.5 Å². The predicted molar refractivity (Wildman–Crippen MR) is 78.2 cm³/mol. The molecular weight excluding hydrogens is 311 g/mol. The molecule has 0 saturated heterocycles. The summed E-state index contributed by atoms with van der Waals surface area (Å²) in [5, 5.41) is 0. The van der Waals surface area contributed by atoms with Gasteiger partial charge in [-0.3, -0.25) is 0 Å². The molecule has 16 heavy (non-hydrogen) atoms. The zero-order valence-corrected chi connectivity index (χ0v) is 12.7. The van der Waals surface area contributed by atoms with Gasteiger partial charge in [0.15, 0.2) is 0 Å². The molecule has 0 radical (unpaired) electrons. The lowest BCUT2D eigenvalue weighted by Gasteiger charge is -2.24. The second kappa shape index (κ2) is 6.60. The van der Waals surface area contributed by atoms with E-state index in [0.717, 1.165) is 4.43 Å². The third kappa shape index (κ3) is 3.74. The summed E-state index contributed by atoms with van der Waals surface area (Å²) in [4.78, 5) is 0. The fraction of sp³-hybridized carbons (Fsp3) is 0.571. The summed E-state index contributed by atoms with van der Waals surface area (Å²) in [5.41, 5.74) is 2.64. The van der Waals surface area contributed by atoms with Gasteiger partial charge in [0, 0.05) is 4.43 Å². The first kappa shape index (κ1) is 14.0. The van der Waals surface area contributed by atoms with Gasteiger partial charge in [-0.05, 0) is 30.9 Å². The summed E-state index contributed by atoms with van der Waals surface area (Å²) in [6, 6.07) is 8.49. The van der Waals surface area contributed by atoms with E-state index in [1.165, 1.54) is 11.1 Å². The number of halogens is 1. The molecule has 2 heteroatoms. The van der Waals surface area contributed by atoms with E-state index in [-0.39, 0.29) is 6.10 Å². The summed E-state index contributed by atoms with van der Waals surface area (Å²) in [6.45, 7) is 8.71. The number of benzene rings is 1. The monoisotopic (exact) mass is 332 g/mol. The molecule has 1 nitrogen and oxygen atoms in total. The van der Waals surface area contributed by atoms with Gasteiger partial charge >= 0.3 is 0 Å². The van der Waals surface area contributed by atoms with Gasteiger partial charge in [-0.15, -0.1) is 0 Å². The molecule has 0 aliphatic carbocycles. The molecule has 90 valence electrons. The van der Waals surface area contributed by atoms with Gasteiger partial charge in [0.2, 0.25) is 0 Å². The molecule has 0 aliphatic heterocycles. The summed E-state index contributed by atoms with van der Waals surface area (Å²) >= 11 is 2.40. The molecule has 2 atom stereocenters. The van der Waals surface area contributed by atoms with Crippen molar-refractivity contribution < 1.29 is 4.74 Å². The number of rotatable bonds is 5. The topological polar surface area (TPSA) is 9.23 Å². The Hall–Kier alpha value is -0.0900. The van der Waals surface area contributed by atoms with E-state index < -0.39 is 0 Å². The first-order valence-corrected chi connectivity index (χ1v) is 7.35. The Morgan fingerprint density at radius 3 is 2.31 bits per heavy atom. The Morgan fingerprint density at radius 2 is 1.81 bits per heavy atom. The van der Waals surface area contributed by atoms with Gasteiger partial charge in [-0.25, -0.2) is 0 Å². The van der Waals surface area contributed by atoms with Crippen molar-refractivity contribution in [2.45, 2.75) is 39.9 Å². The molecule has 1 aromatic rings. The molecule has 0 heterocycles. The fourth-order valence-corrected chi connectivity index (χ4v) is 2.24. The lowest BCUT2D eigenvalue weighted by molar-refractivity contribution is -0.0136. The van der Waals surface area contributed by atoms with Crippen molar-refractivity contribution in [2.75, 3.05) is 4.43 Å². The van der Waals surface area contributed by atoms with E-state index in [2.05, 4.69) is 74.6 Å². The Balaban J connectivity index is 2.79. The SMILES string of the molecule is Cc1ccccc1C(CI)OC(C)C(C)C. The average molecular weight is 332 g/mol.